The van der Waals surface area contributed by atoms with Gasteiger partial charge < -0.3 is 15.7 Å². The number of aliphatic carboxylic acids is 1. The molecule has 2 fully saturated rings. The Morgan fingerprint density at radius 1 is 1.29 bits per heavy atom. The van der Waals surface area contributed by atoms with E-state index in [4.69, 9.17) is 0 Å². The number of amides is 4. The highest BCUT2D eigenvalue weighted by atomic mass is 16.4. The summed E-state index contributed by atoms with van der Waals surface area (Å²) in [7, 11) is 0. The van der Waals surface area contributed by atoms with Gasteiger partial charge in [-0.15, -0.1) is 0 Å². The van der Waals surface area contributed by atoms with Crippen LogP contribution < -0.4 is 16.0 Å². The molecule has 1 saturated carbocycles. The smallest absolute Gasteiger partial charge is 0.315 e. The minimum atomic E-state index is -0.902. The molecule has 1 saturated heterocycles. The summed E-state index contributed by atoms with van der Waals surface area (Å²) < 4.78 is 0. The summed E-state index contributed by atoms with van der Waals surface area (Å²) in [6.45, 7) is 0.0431. The molecule has 0 bridgehead atoms. The molecule has 1 aliphatic heterocycles. The van der Waals surface area contributed by atoms with Crippen molar-refractivity contribution in [1.29, 1.82) is 0 Å². The third kappa shape index (κ3) is 3.50. The van der Waals surface area contributed by atoms with Crippen molar-refractivity contribution in [2.24, 2.45) is 5.41 Å². The minimum absolute atomic E-state index is 0.0431. The molecule has 8 nitrogen and oxygen atoms in total. The van der Waals surface area contributed by atoms with E-state index < -0.39 is 29.4 Å². The predicted molar refractivity (Wildman–Crippen MR) is 71.2 cm³/mol. The van der Waals surface area contributed by atoms with Crippen molar-refractivity contribution in [2.75, 3.05) is 6.54 Å². The van der Waals surface area contributed by atoms with E-state index in [-0.39, 0.29) is 25.3 Å². The molecule has 0 aromatic carbocycles. The number of carboxylic acid groups (broad SMARTS) is 1. The lowest BCUT2D eigenvalue weighted by molar-refractivity contribution is -0.148. The molecule has 1 atom stereocenters. The molecule has 4 amide bonds. The largest absolute Gasteiger partial charge is 0.481 e. The van der Waals surface area contributed by atoms with Gasteiger partial charge in [-0.25, -0.2) is 4.79 Å². The Balaban J connectivity index is 1.83. The highest BCUT2D eigenvalue weighted by molar-refractivity contribution is 6.01. The SMILES string of the molecule is O=C1CCC(NC(=O)NCC2(C(=O)O)CCCC2)C(=O)N1. The van der Waals surface area contributed by atoms with Crippen LogP contribution in [-0.2, 0) is 14.4 Å². The first-order chi connectivity index (χ1) is 9.93. The van der Waals surface area contributed by atoms with Gasteiger partial charge in [0.15, 0.2) is 0 Å². The molecule has 116 valence electrons. The number of piperidine rings is 1. The lowest BCUT2D eigenvalue weighted by atomic mass is 9.86. The van der Waals surface area contributed by atoms with Crippen molar-refractivity contribution in [3.05, 3.63) is 0 Å². The van der Waals surface area contributed by atoms with Crippen LogP contribution in [0.1, 0.15) is 38.5 Å². The van der Waals surface area contributed by atoms with E-state index in [9.17, 15) is 24.3 Å². The molecule has 1 heterocycles. The Bertz CT molecular complexity index is 470. The van der Waals surface area contributed by atoms with Crippen LogP contribution in [-0.4, -0.2) is 41.5 Å². The highest BCUT2D eigenvalue weighted by Gasteiger charge is 2.41. The van der Waals surface area contributed by atoms with E-state index in [1.165, 1.54) is 0 Å². The summed E-state index contributed by atoms with van der Waals surface area (Å²) in [5.41, 5.74) is -0.901. The average Bonchev–Trinajstić information content (AvgIpc) is 2.90. The van der Waals surface area contributed by atoms with Crippen molar-refractivity contribution in [2.45, 2.75) is 44.6 Å². The van der Waals surface area contributed by atoms with Gasteiger partial charge in [-0.1, -0.05) is 12.8 Å². The number of imide groups is 1. The van der Waals surface area contributed by atoms with Gasteiger partial charge in [-0.3, -0.25) is 19.7 Å². The summed E-state index contributed by atoms with van der Waals surface area (Å²) >= 11 is 0. The predicted octanol–water partition coefficient (Wildman–Crippen LogP) is -0.264. The Labute approximate surface area is 121 Å². The number of nitrogens with one attached hydrogen (secondary N) is 3. The molecule has 0 aromatic rings. The molecule has 2 aliphatic rings. The molecule has 0 radical (unpaired) electrons. The molecule has 8 heteroatoms. The summed E-state index contributed by atoms with van der Waals surface area (Å²) in [6.07, 6.45) is 3.19. The average molecular weight is 297 g/mol. The maximum Gasteiger partial charge on any atom is 0.315 e. The maximum absolute atomic E-state index is 11.8. The summed E-state index contributed by atoms with van der Waals surface area (Å²) in [5, 5.41) is 16.4. The van der Waals surface area contributed by atoms with Crippen LogP contribution >= 0.6 is 0 Å². The lowest BCUT2D eigenvalue weighted by Crippen LogP contribution is -2.55. The number of hydrogen-bond donors (Lipinski definition) is 4. The van der Waals surface area contributed by atoms with E-state index in [2.05, 4.69) is 16.0 Å². The van der Waals surface area contributed by atoms with Gasteiger partial charge in [0.2, 0.25) is 11.8 Å². The number of carbonyl (C=O) groups excluding carboxylic acids is 3. The number of carboxylic acids is 1. The molecule has 21 heavy (non-hydrogen) atoms. The standard InChI is InChI=1S/C13H19N3O5/c17-9-4-3-8(10(18)16-9)15-12(21)14-7-13(11(19)20)5-1-2-6-13/h8H,1-7H2,(H,19,20)(H2,14,15,21)(H,16,17,18). The van der Waals surface area contributed by atoms with Gasteiger partial charge in [-0.05, 0) is 19.3 Å². The molecule has 1 aliphatic carbocycles. The van der Waals surface area contributed by atoms with E-state index in [0.29, 0.717) is 12.8 Å². The normalized spacial score (nSPS) is 24.3. The molecule has 0 spiro atoms. The van der Waals surface area contributed by atoms with E-state index >= 15 is 0 Å². The fourth-order valence-corrected chi connectivity index (χ4v) is 2.81. The van der Waals surface area contributed by atoms with Crippen molar-refractivity contribution in [3.63, 3.8) is 0 Å². The Hall–Kier alpha value is -2.12. The lowest BCUT2D eigenvalue weighted by Gasteiger charge is -2.26. The highest BCUT2D eigenvalue weighted by Crippen LogP contribution is 2.37. The second kappa shape index (κ2) is 6.11. The topological polar surface area (TPSA) is 125 Å². The molecule has 0 aromatic heterocycles. The molecular formula is C13H19N3O5. The van der Waals surface area contributed by atoms with Gasteiger partial charge in [0.1, 0.15) is 6.04 Å². The van der Waals surface area contributed by atoms with Crippen LogP contribution in [0.3, 0.4) is 0 Å². The fourth-order valence-electron chi connectivity index (χ4n) is 2.81. The van der Waals surface area contributed by atoms with Crippen LogP contribution in [0.2, 0.25) is 0 Å². The zero-order valence-electron chi connectivity index (χ0n) is 11.6. The zero-order valence-corrected chi connectivity index (χ0v) is 11.6. The van der Waals surface area contributed by atoms with E-state index in [1.807, 2.05) is 0 Å². The first kappa shape index (κ1) is 15.3. The van der Waals surface area contributed by atoms with Crippen molar-refractivity contribution in [3.8, 4) is 0 Å². The summed E-state index contributed by atoms with van der Waals surface area (Å²) in [4.78, 5) is 45.6. The zero-order chi connectivity index (χ0) is 15.5. The molecule has 2 rings (SSSR count). The Morgan fingerprint density at radius 2 is 1.95 bits per heavy atom. The first-order valence-electron chi connectivity index (χ1n) is 7.04. The summed E-state index contributed by atoms with van der Waals surface area (Å²) in [5.74, 6) is -1.79. The molecule has 1 unspecified atom stereocenters. The monoisotopic (exact) mass is 297 g/mol. The Morgan fingerprint density at radius 3 is 2.52 bits per heavy atom. The van der Waals surface area contributed by atoms with Gasteiger partial charge in [0, 0.05) is 13.0 Å². The molecular weight excluding hydrogens is 278 g/mol. The second-order valence-electron chi connectivity index (χ2n) is 5.62. The fraction of sp³-hybridized carbons (Fsp3) is 0.692. The van der Waals surface area contributed by atoms with Crippen LogP contribution in [0, 0.1) is 5.41 Å². The van der Waals surface area contributed by atoms with Gasteiger partial charge in [0.25, 0.3) is 0 Å². The van der Waals surface area contributed by atoms with Crippen molar-refractivity contribution < 1.29 is 24.3 Å². The third-order valence-electron chi connectivity index (χ3n) is 4.15. The van der Waals surface area contributed by atoms with Gasteiger partial charge in [0.05, 0.1) is 5.41 Å². The van der Waals surface area contributed by atoms with Crippen molar-refractivity contribution in [1.82, 2.24) is 16.0 Å². The number of rotatable bonds is 4. The van der Waals surface area contributed by atoms with Crippen LogP contribution in [0.25, 0.3) is 0 Å². The van der Waals surface area contributed by atoms with Crippen LogP contribution in [0.15, 0.2) is 0 Å². The number of carbonyl (C=O) groups is 4. The van der Waals surface area contributed by atoms with Crippen molar-refractivity contribution >= 4 is 23.8 Å². The minimum Gasteiger partial charge on any atom is -0.481 e. The maximum atomic E-state index is 11.8. The van der Waals surface area contributed by atoms with E-state index in [0.717, 1.165) is 12.8 Å². The molecule has 4 N–H and O–H groups in total. The first-order valence-corrected chi connectivity index (χ1v) is 7.04. The summed E-state index contributed by atoms with van der Waals surface area (Å²) in [6, 6.07) is -1.34. The van der Waals surface area contributed by atoms with Crippen LogP contribution in [0.5, 0.6) is 0 Å². The van der Waals surface area contributed by atoms with Crippen LogP contribution in [0.4, 0.5) is 4.79 Å². The van der Waals surface area contributed by atoms with Gasteiger partial charge >= 0.3 is 12.0 Å². The Kier molecular flexibility index (Phi) is 4.44. The number of urea groups is 1. The quantitative estimate of drug-likeness (QED) is 0.532. The number of hydrogen-bond acceptors (Lipinski definition) is 4. The van der Waals surface area contributed by atoms with E-state index in [1.54, 1.807) is 0 Å². The second-order valence-corrected chi connectivity index (χ2v) is 5.62. The third-order valence-corrected chi connectivity index (χ3v) is 4.15. The van der Waals surface area contributed by atoms with Gasteiger partial charge in [-0.2, -0.15) is 0 Å².